The van der Waals surface area contributed by atoms with E-state index in [4.69, 9.17) is 9.47 Å². The lowest BCUT2D eigenvalue weighted by atomic mass is 10.2. The van der Waals surface area contributed by atoms with Crippen LogP contribution in [0.1, 0.15) is 19.4 Å². The van der Waals surface area contributed by atoms with Crippen LogP contribution in [0.3, 0.4) is 0 Å². The van der Waals surface area contributed by atoms with Gasteiger partial charge >= 0.3 is 0 Å². The summed E-state index contributed by atoms with van der Waals surface area (Å²) in [6, 6.07) is 9.63. The van der Waals surface area contributed by atoms with Crippen LogP contribution >= 0.6 is 0 Å². The lowest BCUT2D eigenvalue weighted by molar-refractivity contribution is -0.127. The minimum atomic E-state index is -0.560. The van der Waals surface area contributed by atoms with E-state index in [9.17, 15) is 4.79 Å². The van der Waals surface area contributed by atoms with Crippen molar-refractivity contribution in [2.75, 3.05) is 25.1 Å². The van der Waals surface area contributed by atoms with Gasteiger partial charge in [0.2, 0.25) is 0 Å². The second-order valence-corrected chi connectivity index (χ2v) is 5.11. The van der Waals surface area contributed by atoms with Crippen molar-refractivity contribution in [2.24, 2.45) is 0 Å². The number of hydrogen-bond acceptors (Lipinski definition) is 4. The highest BCUT2D eigenvalue weighted by Crippen LogP contribution is 2.18. The largest absolute Gasteiger partial charge is 0.379 e. The van der Waals surface area contributed by atoms with Gasteiger partial charge in [0.25, 0.3) is 5.91 Å². The van der Waals surface area contributed by atoms with Gasteiger partial charge in [-0.2, -0.15) is 5.10 Å². The number of carbonyl (C=O) groups excluding carboxylic acids is 1. The molecule has 0 spiro atoms. The summed E-state index contributed by atoms with van der Waals surface area (Å²) in [5.74, 6) is 0.404. The average molecular weight is 317 g/mol. The van der Waals surface area contributed by atoms with Crippen molar-refractivity contribution in [3.63, 3.8) is 0 Å². The number of benzene rings is 1. The summed E-state index contributed by atoms with van der Waals surface area (Å²) in [6.07, 6.45) is 1.10. The van der Waals surface area contributed by atoms with E-state index in [1.165, 1.54) is 0 Å². The Morgan fingerprint density at radius 1 is 1.30 bits per heavy atom. The SMILES string of the molecule is CCOCCO[C@@H](C)C(=O)Nc1ccnn1-c1ccccc1C. The number of ether oxygens (including phenoxy) is 2. The van der Waals surface area contributed by atoms with Crippen molar-refractivity contribution in [1.82, 2.24) is 9.78 Å². The standard InChI is InChI=1S/C17H23N3O3/c1-4-22-11-12-23-14(3)17(21)19-16-9-10-18-20(16)15-8-6-5-7-13(15)2/h5-10,14H,4,11-12H2,1-3H3,(H,19,21)/t14-/m0/s1. The number of carbonyl (C=O) groups is 1. The number of anilines is 1. The van der Waals surface area contributed by atoms with Crippen LogP contribution < -0.4 is 5.32 Å². The summed E-state index contributed by atoms with van der Waals surface area (Å²) in [4.78, 5) is 12.2. The highest BCUT2D eigenvalue weighted by Gasteiger charge is 2.16. The summed E-state index contributed by atoms with van der Waals surface area (Å²) < 4.78 is 12.4. The molecule has 2 aromatic rings. The Balaban J connectivity index is 2.00. The van der Waals surface area contributed by atoms with E-state index in [0.717, 1.165) is 11.3 Å². The lowest BCUT2D eigenvalue weighted by Crippen LogP contribution is -2.29. The van der Waals surface area contributed by atoms with E-state index in [1.807, 2.05) is 38.1 Å². The predicted octanol–water partition coefficient (Wildman–Crippen LogP) is 2.56. The van der Waals surface area contributed by atoms with Crippen molar-refractivity contribution < 1.29 is 14.3 Å². The first-order valence-electron chi connectivity index (χ1n) is 7.73. The minimum absolute atomic E-state index is 0.211. The fraction of sp³-hybridized carbons (Fsp3) is 0.412. The van der Waals surface area contributed by atoms with Gasteiger partial charge < -0.3 is 14.8 Å². The van der Waals surface area contributed by atoms with Gasteiger partial charge in [0.15, 0.2) is 0 Å². The quantitative estimate of drug-likeness (QED) is 0.760. The molecule has 1 amide bonds. The molecule has 0 radical (unpaired) electrons. The van der Waals surface area contributed by atoms with Crippen LogP contribution in [0.2, 0.25) is 0 Å². The maximum absolute atomic E-state index is 12.2. The van der Waals surface area contributed by atoms with E-state index in [1.54, 1.807) is 23.9 Å². The van der Waals surface area contributed by atoms with Crippen LogP contribution in [0.4, 0.5) is 5.82 Å². The highest BCUT2D eigenvalue weighted by molar-refractivity contribution is 5.93. The first-order valence-corrected chi connectivity index (χ1v) is 7.73. The Morgan fingerprint density at radius 2 is 2.09 bits per heavy atom. The second-order valence-electron chi connectivity index (χ2n) is 5.11. The number of hydrogen-bond donors (Lipinski definition) is 1. The van der Waals surface area contributed by atoms with E-state index >= 15 is 0 Å². The molecule has 0 bridgehead atoms. The fourth-order valence-corrected chi connectivity index (χ4v) is 2.12. The number of amides is 1. The molecule has 1 N–H and O–H groups in total. The number of aryl methyl sites for hydroxylation is 1. The Labute approximate surface area is 136 Å². The summed E-state index contributed by atoms with van der Waals surface area (Å²) in [5, 5.41) is 7.14. The van der Waals surface area contributed by atoms with Crippen molar-refractivity contribution in [3.8, 4) is 5.69 Å². The highest BCUT2D eigenvalue weighted by atomic mass is 16.5. The summed E-state index contributed by atoms with van der Waals surface area (Å²) in [5.41, 5.74) is 2.01. The topological polar surface area (TPSA) is 65.4 Å². The molecule has 0 fully saturated rings. The van der Waals surface area contributed by atoms with Gasteiger partial charge in [-0.15, -0.1) is 0 Å². The zero-order valence-electron chi connectivity index (χ0n) is 13.8. The van der Waals surface area contributed by atoms with E-state index < -0.39 is 6.10 Å². The van der Waals surface area contributed by atoms with Crippen LogP contribution in [0.5, 0.6) is 0 Å². The molecule has 6 heteroatoms. The molecule has 1 aromatic carbocycles. The van der Waals surface area contributed by atoms with Gasteiger partial charge in [-0.25, -0.2) is 4.68 Å². The molecule has 1 aromatic heterocycles. The molecule has 23 heavy (non-hydrogen) atoms. The molecular weight excluding hydrogens is 294 g/mol. The first kappa shape index (κ1) is 17.2. The summed E-state index contributed by atoms with van der Waals surface area (Å²) in [6.45, 7) is 7.15. The third-order valence-corrected chi connectivity index (χ3v) is 3.41. The van der Waals surface area contributed by atoms with Gasteiger partial charge in [-0.1, -0.05) is 18.2 Å². The summed E-state index contributed by atoms with van der Waals surface area (Å²) in [7, 11) is 0. The van der Waals surface area contributed by atoms with Gasteiger partial charge in [0.1, 0.15) is 11.9 Å². The predicted molar refractivity (Wildman–Crippen MR) is 88.8 cm³/mol. The number of rotatable bonds is 8. The third kappa shape index (κ3) is 4.64. The summed E-state index contributed by atoms with van der Waals surface area (Å²) >= 11 is 0. The van der Waals surface area contributed by atoms with E-state index in [2.05, 4.69) is 10.4 Å². The first-order chi connectivity index (χ1) is 11.1. The zero-order valence-corrected chi connectivity index (χ0v) is 13.8. The normalized spacial score (nSPS) is 12.1. The minimum Gasteiger partial charge on any atom is -0.379 e. The maximum atomic E-state index is 12.2. The number of nitrogens with zero attached hydrogens (tertiary/aromatic N) is 2. The fourth-order valence-electron chi connectivity index (χ4n) is 2.12. The van der Waals surface area contributed by atoms with Crippen LogP contribution in [0, 0.1) is 6.92 Å². The second kappa shape index (κ2) is 8.45. The number of para-hydroxylation sites is 1. The van der Waals surface area contributed by atoms with Gasteiger partial charge in [-0.3, -0.25) is 4.79 Å². The Hall–Kier alpha value is -2.18. The Kier molecular flexibility index (Phi) is 6.31. The monoisotopic (exact) mass is 317 g/mol. The van der Waals surface area contributed by atoms with Crippen molar-refractivity contribution in [3.05, 3.63) is 42.1 Å². The molecule has 0 aliphatic carbocycles. The van der Waals surface area contributed by atoms with E-state index in [-0.39, 0.29) is 5.91 Å². The van der Waals surface area contributed by atoms with Gasteiger partial charge in [0.05, 0.1) is 25.1 Å². The number of aromatic nitrogens is 2. The average Bonchev–Trinajstić information content (AvgIpc) is 2.99. The molecule has 0 aliphatic rings. The molecule has 6 nitrogen and oxygen atoms in total. The molecule has 1 heterocycles. The van der Waals surface area contributed by atoms with Crippen LogP contribution in [-0.4, -0.2) is 41.6 Å². The molecule has 1 atom stereocenters. The van der Waals surface area contributed by atoms with Crippen LogP contribution in [-0.2, 0) is 14.3 Å². The van der Waals surface area contributed by atoms with Crippen LogP contribution in [0.25, 0.3) is 5.69 Å². The number of nitrogens with one attached hydrogen (secondary N) is 1. The Morgan fingerprint density at radius 3 is 2.83 bits per heavy atom. The molecule has 0 saturated heterocycles. The molecule has 2 rings (SSSR count). The molecule has 124 valence electrons. The maximum Gasteiger partial charge on any atom is 0.254 e. The Bertz CT molecular complexity index is 640. The van der Waals surface area contributed by atoms with E-state index in [0.29, 0.717) is 25.6 Å². The molecule has 0 aliphatic heterocycles. The van der Waals surface area contributed by atoms with Crippen molar-refractivity contribution in [2.45, 2.75) is 26.9 Å². The lowest BCUT2D eigenvalue weighted by Gasteiger charge is -2.15. The third-order valence-electron chi connectivity index (χ3n) is 3.41. The van der Waals surface area contributed by atoms with Crippen molar-refractivity contribution in [1.29, 1.82) is 0 Å². The zero-order chi connectivity index (χ0) is 16.7. The molecule has 0 saturated carbocycles. The molecular formula is C17H23N3O3. The van der Waals surface area contributed by atoms with Crippen molar-refractivity contribution >= 4 is 11.7 Å². The van der Waals surface area contributed by atoms with Gasteiger partial charge in [-0.05, 0) is 32.4 Å². The smallest absolute Gasteiger partial charge is 0.254 e. The van der Waals surface area contributed by atoms with Crippen LogP contribution in [0.15, 0.2) is 36.5 Å². The molecule has 0 unspecified atom stereocenters. The van der Waals surface area contributed by atoms with Gasteiger partial charge in [0, 0.05) is 12.7 Å².